The summed E-state index contributed by atoms with van der Waals surface area (Å²) in [6.07, 6.45) is 4.50. The summed E-state index contributed by atoms with van der Waals surface area (Å²) in [5, 5.41) is 13.3. The molecule has 0 aliphatic rings. The molecule has 0 unspecified atom stereocenters. The number of nitrogens with two attached hydrogens (primary N) is 1. The van der Waals surface area contributed by atoms with Crippen LogP contribution in [0.5, 0.6) is 0 Å². The molecule has 2 amide bonds. The summed E-state index contributed by atoms with van der Waals surface area (Å²) < 4.78 is 12.5. The summed E-state index contributed by atoms with van der Waals surface area (Å²) >= 11 is 0. The van der Waals surface area contributed by atoms with E-state index in [-0.39, 0.29) is 18.9 Å². The molecule has 0 radical (unpaired) electrons. The Labute approximate surface area is 266 Å². The van der Waals surface area contributed by atoms with E-state index in [2.05, 4.69) is 21.3 Å². The third-order valence-electron chi connectivity index (χ3n) is 6.97. The maximum atomic E-state index is 13.4. The predicted octanol–water partition coefficient (Wildman–Crippen LogP) is 4.08. The maximum Gasteiger partial charge on any atom is 0.418 e. The van der Waals surface area contributed by atoms with Gasteiger partial charge in [-0.25, -0.2) is 9.59 Å². The van der Waals surface area contributed by atoms with Crippen molar-refractivity contribution in [3.05, 3.63) is 71.9 Å². The minimum Gasteiger partial charge on any atom is -0.444 e. The second kappa shape index (κ2) is 18.8. The van der Waals surface area contributed by atoms with Crippen LogP contribution in [0.4, 0.5) is 9.59 Å². The van der Waals surface area contributed by atoms with E-state index in [1.165, 1.54) is 4.57 Å². The molecule has 2 aromatic carbocycles. The zero-order valence-corrected chi connectivity index (χ0v) is 26.9. The van der Waals surface area contributed by atoms with Gasteiger partial charge in [-0.2, -0.15) is 0 Å². The molecule has 3 rings (SSSR count). The third kappa shape index (κ3) is 12.9. The van der Waals surface area contributed by atoms with Gasteiger partial charge in [0.05, 0.1) is 5.52 Å². The van der Waals surface area contributed by atoms with E-state index in [4.69, 9.17) is 15.2 Å². The summed E-state index contributed by atoms with van der Waals surface area (Å²) in [5.74, 6) is -0.326. The van der Waals surface area contributed by atoms with Crippen LogP contribution in [-0.2, 0) is 27.3 Å². The Bertz CT molecular complexity index is 1340. The van der Waals surface area contributed by atoms with Gasteiger partial charge in [0.1, 0.15) is 18.2 Å². The zero-order chi connectivity index (χ0) is 32.5. The number of hydrogen-bond acceptors (Lipinski definition) is 8. The lowest BCUT2D eigenvalue weighted by molar-refractivity contribution is -0.123. The Morgan fingerprint density at radius 2 is 1.49 bits per heavy atom. The SMILES string of the molecule is CC(C)(C)OC(=O)N[C@@H](Cc1cn(C(=O)OCc2ccccc2)c2ccccc12)C(=O)NCCCNCCCCNCCCN. The van der Waals surface area contributed by atoms with E-state index in [0.29, 0.717) is 18.6 Å². The van der Waals surface area contributed by atoms with Gasteiger partial charge < -0.3 is 36.5 Å². The van der Waals surface area contributed by atoms with Crippen molar-refractivity contribution in [3.8, 4) is 0 Å². The fourth-order valence-electron chi connectivity index (χ4n) is 4.76. The lowest BCUT2D eigenvalue weighted by atomic mass is 10.0. The quantitative estimate of drug-likeness (QED) is 0.133. The van der Waals surface area contributed by atoms with Crippen LogP contribution >= 0.6 is 0 Å². The molecule has 45 heavy (non-hydrogen) atoms. The van der Waals surface area contributed by atoms with E-state index in [1.807, 2.05) is 54.6 Å². The lowest BCUT2D eigenvalue weighted by Crippen LogP contribution is -2.49. The fraction of sp³-hybridized carbons (Fsp3) is 0.500. The standard InChI is InChI=1S/C34H50N6O5/c1-34(2,3)45-32(42)39-29(31(41)38-22-12-21-37-19-10-9-18-36-20-11-17-35)23-27-24-40(30-16-8-7-15-28(27)30)33(43)44-25-26-13-5-4-6-14-26/h4-8,13-16,24,29,36-37H,9-12,17-23,25,35H2,1-3H3,(H,38,41)(H,39,42)/t29-/m0/s1. The van der Waals surface area contributed by atoms with E-state index in [1.54, 1.807) is 27.0 Å². The summed E-state index contributed by atoms with van der Waals surface area (Å²) in [6.45, 7) is 10.2. The number of benzene rings is 2. The van der Waals surface area contributed by atoms with Gasteiger partial charge in [0.15, 0.2) is 0 Å². The number of ether oxygens (including phenoxy) is 2. The zero-order valence-electron chi connectivity index (χ0n) is 26.9. The predicted molar refractivity (Wildman–Crippen MR) is 177 cm³/mol. The number of fused-ring (bicyclic) bond motifs is 1. The monoisotopic (exact) mass is 622 g/mol. The second-order valence-electron chi connectivity index (χ2n) is 12.0. The number of hydrogen-bond donors (Lipinski definition) is 5. The molecule has 0 saturated heterocycles. The largest absolute Gasteiger partial charge is 0.444 e. The Hall–Kier alpha value is -3.93. The molecule has 3 aromatic rings. The van der Waals surface area contributed by atoms with Gasteiger partial charge in [-0.1, -0.05) is 48.5 Å². The number of amides is 2. The molecule has 1 heterocycles. The Balaban J connectivity index is 1.60. The number of para-hydroxylation sites is 1. The van der Waals surface area contributed by atoms with Crippen molar-refractivity contribution in [1.82, 2.24) is 25.8 Å². The van der Waals surface area contributed by atoms with Gasteiger partial charge in [-0.3, -0.25) is 9.36 Å². The van der Waals surface area contributed by atoms with Crippen LogP contribution in [0.2, 0.25) is 0 Å². The van der Waals surface area contributed by atoms with E-state index in [9.17, 15) is 14.4 Å². The normalized spacial score (nSPS) is 12.1. The minimum atomic E-state index is -0.917. The molecule has 1 atom stereocenters. The number of aromatic nitrogens is 1. The first kappa shape index (κ1) is 35.5. The number of rotatable bonds is 18. The van der Waals surface area contributed by atoms with Crippen LogP contribution in [-0.4, -0.2) is 73.6 Å². The highest BCUT2D eigenvalue weighted by Crippen LogP contribution is 2.23. The van der Waals surface area contributed by atoms with Crippen LogP contribution in [0.3, 0.4) is 0 Å². The molecule has 0 saturated carbocycles. The Morgan fingerprint density at radius 1 is 0.844 bits per heavy atom. The van der Waals surface area contributed by atoms with E-state index >= 15 is 0 Å². The maximum absolute atomic E-state index is 13.4. The molecule has 11 nitrogen and oxygen atoms in total. The van der Waals surface area contributed by atoms with Crippen molar-refractivity contribution in [2.24, 2.45) is 5.73 Å². The Morgan fingerprint density at radius 3 is 2.18 bits per heavy atom. The number of alkyl carbamates (subject to hydrolysis) is 1. The molecule has 0 spiro atoms. The molecule has 11 heteroatoms. The van der Waals surface area contributed by atoms with Gasteiger partial charge in [-0.05, 0) is 96.4 Å². The number of nitrogens with zero attached hydrogens (tertiary/aromatic N) is 1. The third-order valence-corrected chi connectivity index (χ3v) is 6.97. The van der Waals surface area contributed by atoms with Crippen molar-refractivity contribution in [3.63, 3.8) is 0 Å². The van der Waals surface area contributed by atoms with Crippen LogP contribution in [0.1, 0.15) is 57.6 Å². The molecular weight excluding hydrogens is 572 g/mol. The van der Waals surface area contributed by atoms with Crippen molar-refractivity contribution < 1.29 is 23.9 Å². The highest BCUT2D eigenvalue weighted by atomic mass is 16.6. The molecule has 1 aromatic heterocycles. The highest BCUT2D eigenvalue weighted by molar-refractivity contribution is 5.93. The van der Waals surface area contributed by atoms with Gasteiger partial charge >= 0.3 is 12.2 Å². The van der Waals surface area contributed by atoms with Gasteiger partial charge in [0, 0.05) is 24.5 Å². The first-order valence-corrected chi connectivity index (χ1v) is 15.9. The summed E-state index contributed by atoms with van der Waals surface area (Å²) in [4.78, 5) is 39.2. The number of unbranched alkanes of at least 4 members (excludes halogenated alkanes) is 1. The summed E-state index contributed by atoms with van der Waals surface area (Å²) in [5.41, 5.74) is 7.02. The number of nitrogens with one attached hydrogen (secondary N) is 4. The number of carbonyl (C=O) groups is 3. The molecule has 246 valence electrons. The molecule has 0 aliphatic heterocycles. The van der Waals surface area contributed by atoms with Gasteiger partial charge in [0.2, 0.25) is 5.91 Å². The highest BCUT2D eigenvalue weighted by Gasteiger charge is 2.26. The first-order chi connectivity index (χ1) is 21.7. The van der Waals surface area contributed by atoms with Crippen molar-refractivity contribution >= 4 is 29.0 Å². The van der Waals surface area contributed by atoms with E-state index < -0.39 is 23.8 Å². The average molecular weight is 623 g/mol. The van der Waals surface area contributed by atoms with Crippen molar-refractivity contribution in [2.75, 3.05) is 39.3 Å². The molecule has 0 fully saturated rings. The number of carbonyl (C=O) groups excluding carboxylic acids is 3. The summed E-state index contributed by atoms with van der Waals surface area (Å²) in [6, 6.07) is 15.9. The van der Waals surface area contributed by atoms with Crippen molar-refractivity contribution in [1.29, 1.82) is 0 Å². The molecular formula is C34H50N6O5. The van der Waals surface area contributed by atoms with Crippen LogP contribution in [0.15, 0.2) is 60.8 Å². The van der Waals surface area contributed by atoms with Crippen LogP contribution in [0, 0.1) is 0 Å². The van der Waals surface area contributed by atoms with Gasteiger partial charge in [0.25, 0.3) is 0 Å². The smallest absolute Gasteiger partial charge is 0.418 e. The lowest BCUT2D eigenvalue weighted by Gasteiger charge is -2.23. The Kier molecular flexibility index (Phi) is 14.8. The fourth-order valence-corrected chi connectivity index (χ4v) is 4.76. The molecule has 0 bridgehead atoms. The van der Waals surface area contributed by atoms with E-state index in [0.717, 1.165) is 68.4 Å². The first-order valence-electron chi connectivity index (χ1n) is 15.9. The second-order valence-corrected chi connectivity index (χ2v) is 12.0. The molecule has 0 aliphatic carbocycles. The summed E-state index contributed by atoms with van der Waals surface area (Å²) in [7, 11) is 0. The minimum absolute atomic E-state index is 0.133. The van der Waals surface area contributed by atoms with Gasteiger partial charge in [-0.15, -0.1) is 0 Å². The van der Waals surface area contributed by atoms with Crippen LogP contribution in [0.25, 0.3) is 10.9 Å². The van der Waals surface area contributed by atoms with Crippen LogP contribution < -0.4 is 27.0 Å². The van der Waals surface area contributed by atoms with Crippen molar-refractivity contribution in [2.45, 2.75) is 71.1 Å². The topological polar surface area (TPSA) is 149 Å². The average Bonchev–Trinajstić information content (AvgIpc) is 3.38. The molecule has 6 N–H and O–H groups in total.